The minimum absolute atomic E-state index is 0.0266. The van der Waals surface area contributed by atoms with Crippen molar-refractivity contribution in [3.05, 3.63) is 23.8 Å². The van der Waals surface area contributed by atoms with E-state index in [-0.39, 0.29) is 17.5 Å². The van der Waals surface area contributed by atoms with Gasteiger partial charge in [-0.3, -0.25) is 4.79 Å². The number of anilines is 2. The van der Waals surface area contributed by atoms with Crippen molar-refractivity contribution in [1.82, 2.24) is 0 Å². The Labute approximate surface area is 117 Å². The molecule has 3 rings (SSSR count). The van der Waals surface area contributed by atoms with Crippen LogP contribution in [0.25, 0.3) is 0 Å². The number of piperidine rings is 1. The topological polar surface area (TPSA) is 69.6 Å². The molecule has 2 atom stereocenters. The number of nitrogens with zero attached hydrogens (tertiary/aromatic N) is 1. The summed E-state index contributed by atoms with van der Waals surface area (Å²) >= 11 is 0. The Balaban J connectivity index is 1.98. The van der Waals surface area contributed by atoms with Crippen LogP contribution in [0.1, 0.15) is 36.5 Å². The van der Waals surface area contributed by atoms with Crippen LogP contribution in [0.3, 0.4) is 0 Å². The summed E-state index contributed by atoms with van der Waals surface area (Å²) in [6, 6.07) is 4.71. The zero-order valence-electron chi connectivity index (χ0n) is 11.4. The number of hydrogen-bond donors (Lipinski definition) is 2. The molecule has 5 heteroatoms. The van der Waals surface area contributed by atoms with Gasteiger partial charge in [-0.15, -0.1) is 0 Å². The fourth-order valence-corrected chi connectivity index (χ4v) is 3.17. The number of amides is 1. The average molecular weight is 274 g/mol. The van der Waals surface area contributed by atoms with Crippen molar-refractivity contribution in [2.75, 3.05) is 16.8 Å². The highest BCUT2D eigenvalue weighted by molar-refractivity contribution is 6.05. The normalized spacial score (nSPS) is 24.6. The smallest absolute Gasteiger partial charge is 0.335 e. The molecule has 1 aromatic rings. The molecule has 1 amide bonds. The van der Waals surface area contributed by atoms with Crippen molar-refractivity contribution in [3.8, 4) is 0 Å². The monoisotopic (exact) mass is 274 g/mol. The Morgan fingerprint density at radius 2 is 2.30 bits per heavy atom. The van der Waals surface area contributed by atoms with Crippen LogP contribution < -0.4 is 10.2 Å². The van der Waals surface area contributed by atoms with E-state index in [2.05, 4.69) is 17.1 Å². The average Bonchev–Trinajstić information content (AvgIpc) is 2.46. The van der Waals surface area contributed by atoms with E-state index >= 15 is 0 Å². The van der Waals surface area contributed by atoms with Gasteiger partial charge in [-0.2, -0.15) is 0 Å². The van der Waals surface area contributed by atoms with Crippen LogP contribution in [0.5, 0.6) is 0 Å². The number of aromatic carboxylic acids is 1. The van der Waals surface area contributed by atoms with Gasteiger partial charge in [0.25, 0.3) is 0 Å². The second-order valence-corrected chi connectivity index (χ2v) is 5.53. The van der Waals surface area contributed by atoms with E-state index in [1.807, 2.05) is 0 Å². The lowest BCUT2D eigenvalue weighted by atomic mass is 9.86. The van der Waals surface area contributed by atoms with Gasteiger partial charge in [0.15, 0.2) is 0 Å². The van der Waals surface area contributed by atoms with E-state index in [4.69, 9.17) is 5.11 Å². The zero-order chi connectivity index (χ0) is 14.3. The van der Waals surface area contributed by atoms with E-state index in [1.165, 1.54) is 6.07 Å². The summed E-state index contributed by atoms with van der Waals surface area (Å²) in [5.74, 6) is -0.338. The highest BCUT2D eigenvalue weighted by Crippen LogP contribution is 2.38. The lowest BCUT2D eigenvalue weighted by molar-refractivity contribution is -0.118. The lowest BCUT2D eigenvalue weighted by Gasteiger charge is -2.43. The standard InChI is InChI=1S/C15H18N2O3/c1-2-9-5-6-17-12-8-10(15(19)20)3-4-11(12)16-14(18)13(17)7-9/h3-4,8-9,13H,2,5-7H2,1H3,(H,16,18)(H,19,20). The zero-order valence-corrected chi connectivity index (χ0v) is 11.4. The number of rotatable bonds is 2. The molecule has 5 nitrogen and oxygen atoms in total. The molecular formula is C15H18N2O3. The van der Waals surface area contributed by atoms with Crippen molar-refractivity contribution in [2.24, 2.45) is 5.92 Å². The minimum atomic E-state index is -0.940. The summed E-state index contributed by atoms with van der Waals surface area (Å²) in [5, 5.41) is 12.0. The first-order chi connectivity index (χ1) is 9.60. The van der Waals surface area contributed by atoms with Crippen LogP contribution in [0.2, 0.25) is 0 Å². The molecule has 0 bridgehead atoms. The Hall–Kier alpha value is -2.04. The summed E-state index contributed by atoms with van der Waals surface area (Å²) in [6.07, 6.45) is 2.98. The third kappa shape index (κ3) is 2.03. The third-order valence-electron chi connectivity index (χ3n) is 4.40. The van der Waals surface area contributed by atoms with Crippen LogP contribution in [-0.4, -0.2) is 29.6 Å². The van der Waals surface area contributed by atoms with E-state index in [1.54, 1.807) is 12.1 Å². The molecule has 0 aliphatic carbocycles. The summed E-state index contributed by atoms with van der Waals surface area (Å²) in [4.78, 5) is 25.4. The van der Waals surface area contributed by atoms with Gasteiger partial charge in [0.2, 0.25) is 5.91 Å². The molecule has 0 aromatic heterocycles. The first kappa shape index (κ1) is 13.0. The Morgan fingerprint density at radius 1 is 1.50 bits per heavy atom. The highest BCUT2D eigenvalue weighted by atomic mass is 16.4. The summed E-state index contributed by atoms with van der Waals surface area (Å²) in [7, 11) is 0. The van der Waals surface area contributed by atoms with Gasteiger partial charge >= 0.3 is 5.97 Å². The summed E-state index contributed by atoms with van der Waals surface area (Å²) in [5.41, 5.74) is 1.81. The van der Waals surface area contributed by atoms with Gasteiger partial charge in [0.1, 0.15) is 6.04 Å². The maximum Gasteiger partial charge on any atom is 0.335 e. The number of carbonyl (C=O) groups excluding carboxylic acids is 1. The fourth-order valence-electron chi connectivity index (χ4n) is 3.17. The molecule has 0 spiro atoms. The van der Waals surface area contributed by atoms with Crippen LogP contribution in [0.15, 0.2) is 18.2 Å². The third-order valence-corrected chi connectivity index (χ3v) is 4.40. The van der Waals surface area contributed by atoms with Gasteiger partial charge in [0, 0.05) is 6.54 Å². The van der Waals surface area contributed by atoms with E-state index < -0.39 is 5.97 Å². The quantitative estimate of drug-likeness (QED) is 0.868. The second kappa shape index (κ2) is 4.81. The molecule has 20 heavy (non-hydrogen) atoms. The molecule has 0 saturated carbocycles. The molecule has 1 saturated heterocycles. The molecule has 106 valence electrons. The molecule has 2 heterocycles. The molecule has 2 N–H and O–H groups in total. The van der Waals surface area contributed by atoms with Crippen molar-refractivity contribution < 1.29 is 14.7 Å². The first-order valence-electron chi connectivity index (χ1n) is 7.05. The number of hydrogen-bond acceptors (Lipinski definition) is 3. The van der Waals surface area contributed by atoms with Crippen LogP contribution in [0.4, 0.5) is 11.4 Å². The van der Waals surface area contributed by atoms with Gasteiger partial charge in [-0.05, 0) is 37.0 Å². The van der Waals surface area contributed by atoms with Crippen molar-refractivity contribution in [1.29, 1.82) is 0 Å². The minimum Gasteiger partial charge on any atom is -0.478 e. The van der Waals surface area contributed by atoms with Crippen LogP contribution in [-0.2, 0) is 4.79 Å². The summed E-state index contributed by atoms with van der Waals surface area (Å²) in [6.45, 7) is 2.96. The van der Waals surface area contributed by atoms with Crippen LogP contribution >= 0.6 is 0 Å². The Bertz CT molecular complexity index is 570. The maximum absolute atomic E-state index is 12.2. The SMILES string of the molecule is CCC1CCN2c3cc(C(=O)O)ccc3NC(=O)C2C1. The van der Waals surface area contributed by atoms with E-state index in [0.717, 1.165) is 31.5 Å². The largest absolute Gasteiger partial charge is 0.478 e. The predicted octanol–water partition coefficient (Wildman–Crippen LogP) is 2.33. The van der Waals surface area contributed by atoms with Crippen molar-refractivity contribution in [2.45, 2.75) is 32.2 Å². The second-order valence-electron chi connectivity index (χ2n) is 5.53. The fraction of sp³-hybridized carbons (Fsp3) is 0.467. The van der Waals surface area contributed by atoms with Gasteiger partial charge < -0.3 is 15.3 Å². The molecular weight excluding hydrogens is 256 g/mol. The molecule has 0 radical (unpaired) electrons. The van der Waals surface area contributed by atoms with Crippen molar-refractivity contribution >= 4 is 23.3 Å². The number of fused-ring (bicyclic) bond motifs is 3. The van der Waals surface area contributed by atoms with Crippen molar-refractivity contribution in [3.63, 3.8) is 0 Å². The first-order valence-corrected chi connectivity index (χ1v) is 7.05. The van der Waals surface area contributed by atoms with Gasteiger partial charge in [-0.25, -0.2) is 4.79 Å². The Morgan fingerprint density at radius 3 is 3.00 bits per heavy atom. The number of carboxylic acid groups (broad SMARTS) is 1. The molecule has 2 unspecified atom stereocenters. The maximum atomic E-state index is 12.2. The Kier molecular flexibility index (Phi) is 3.12. The van der Waals surface area contributed by atoms with Gasteiger partial charge in [0.05, 0.1) is 16.9 Å². The van der Waals surface area contributed by atoms with Crippen LogP contribution in [0, 0.1) is 5.92 Å². The number of benzene rings is 1. The molecule has 1 fully saturated rings. The predicted molar refractivity (Wildman–Crippen MR) is 76.2 cm³/mol. The molecule has 2 aliphatic rings. The molecule has 2 aliphatic heterocycles. The number of carbonyl (C=O) groups is 2. The molecule has 1 aromatic carbocycles. The van der Waals surface area contributed by atoms with E-state index in [9.17, 15) is 9.59 Å². The highest BCUT2D eigenvalue weighted by Gasteiger charge is 2.37. The van der Waals surface area contributed by atoms with Gasteiger partial charge in [-0.1, -0.05) is 13.3 Å². The number of carboxylic acids is 1. The van der Waals surface area contributed by atoms with E-state index in [0.29, 0.717) is 11.6 Å². The lowest BCUT2D eigenvalue weighted by Crippen LogP contribution is -2.52. The number of nitrogens with one attached hydrogen (secondary N) is 1. The summed E-state index contributed by atoms with van der Waals surface area (Å²) < 4.78 is 0.